The minimum atomic E-state index is -3.40. The van der Waals surface area contributed by atoms with Gasteiger partial charge in [0.25, 0.3) is 5.56 Å². The number of aromatic nitrogens is 2. The van der Waals surface area contributed by atoms with E-state index in [0.717, 1.165) is 11.3 Å². The largest absolute Gasteiger partial charge is 0.350 e. The van der Waals surface area contributed by atoms with Crippen LogP contribution in [0.1, 0.15) is 50.9 Å². The Morgan fingerprint density at radius 2 is 1.96 bits per heavy atom. The number of H-pyrrole nitrogens is 1. The summed E-state index contributed by atoms with van der Waals surface area (Å²) < 4.78 is 25.7. The molecule has 1 aliphatic rings. The van der Waals surface area contributed by atoms with E-state index >= 15 is 0 Å². The molecule has 0 spiro atoms. The van der Waals surface area contributed by atoms with Crippen LogP contribution in [0.25, 0.3) is 0 Å². The first-order valence-corrected chi connectivity index (χ1v) is 10.7. The molecular weight excluding hydrogens is 356 g/mol. The van der Waals surface area contributed by atoms with Crippen LogP contribution in [0.15, 0.2) is 4.79 Å². The van der Waals surface area contributed by atoms with Crippen molar-refractivity contribution in [2.24, 2.45) is 5.92 Å². The molecule has 0 aliphatic carbocycles. The molecule has 9 heteroatoms. The molecule has 0 aromatic carbocycles. The minimum absolute atomic E-state index is 0.0595. The molecule has 0 bridgehead atoms. The van der Waals surface area contributed by atoms with E-state index in [-0.39, 0.29) is 29.7 Å². The third-order valence-corrected chi connectivity index (χ3v) is 6.68. The molecule has 0 saturated carbocycles. The lowest BCUT2D eigenvalue weighted by Gasteiger charge is -2.28. The summed E-state index contributed by atoms with van der Waals surface area (Å²) in [7, 11) is -3.40. The van der Waals surface area contributed by atoms with E-state index < -0.39 is 16.1 Å². The molecule has 8 nitrogen and oxygen atoms in total. The molecule has 1 amide bonds. The van der Waals surface area contributed by atoms with Gasteiger partial charge in [-0.1, -0.05) is 27.7 Å². The Kier molecular flexibility index (Phi) is 6.57. The van der Waals surface area contributed by atoms with Gasteiger partial charge in [-0.25, -0.2) is 13.5 Å². The van der Waals surface area contributed by atoms with Crippen molar-refractivity contribution in [3.05, 3.63) is 27.2 Å². The first-order valence-electron chi connectivity index (χ1n) is 9.09. The lowest BCUT2D eigenvalue weighted by molar-refractivity contribution is -0.126. The Bertz CT molecular complexity index is 817. The minimum Gasteiger partial charge on any atom is -0.350 e. The van der Waals surface area contributed by atoms with E-state index in [4.69, 9.17) is 0 Å². The highest BCUT2D eigenvalue weighted by Crippen LogP contribution is 2.22. The van der Waals surface area contributed by atoms with Crippen molar-refractivity contribution < 1.29 is 13.2 Å². The number of rotatable bonds is 7. The van der Waals surface area contributed by atoms with Gasteiger partial charge in [0.05, 0.1) is 11.4 Å². The van der Waals surface area contributed by atoms with Crippen LogP contribution < -0.4 is 10.9 Å². The molecule has 2 N–H and O–H groups in total. The number of aromatic amines is 1. The van der Waals surface area contributed by atoms with Crippen LogP contribution in [0.3, 0.4) is 0 Å². The lowest BCUT2D eigenvalue weighted by Crippen LogP contribution is -2.50. The SMILES string of the molecule is CCc1n[nH]c(=O)c(CNC(=O)C(C(C)C)N2CCCS2(=O)=O)c1CC. The van der Waals surface area contributed by atoms with Crippen LogP contribution >= 0.6 is 0 Å². The zero-order valence-corrected chi connectivity index (χ0v) is 16.6. The maximum atomic E-state index is 12.8. The number of amides is 1. The van der Waals surface area contributed by atoms with Crippen LogP contribution in [0.4, 0.5) is 0 Å². The summed E-state index contributed by atoms with van der Waals surface area (Å²) >= 11 is 0. The molecule has 0 radical (unpaired) electrons. The summed E-state index contributed by atoms with van der Waals surface area (Å²) in [6.07, 6.45) is 1.85. The third kappa shape index (κ3) is 4.15. The Hall–Kier alpha value is -1.74. The van der Waals surface area contributed by atoms with Crippen molar-refractivity contribution in [1.82, 2.24) is 19.8 Å². The summed E-state index contributed by atoms with van der Waals surface area (Å²) in [5, 5.41) is 9.31. The monoisotopic (exact) mass is 384 g/mol. The molecule has 1 unspecified atom stereocenters. The van der Waals surface area contributed by atoms with E-state index in [2.05, 4.69) is 15.5 Å². The van der Waals surface area contributed by atoms with Crippen LogP contribution in [-0.2, 0) is 34.2 Å². The second-order valence-corrected chi connectivity index (χ2v) is 8.89. The van der Waals surface area contributed by atoms with Crippen LogP contribution in [0.2, 0.25) is 0 Å². The van der Waals surface area contributed by atoms with Gasteiger partial charge in [-0.15, -0.1) is 0 Å². The standard InChI is InChI=1S/C17H28N4O4S/c1-5-12-13(16(22)20-19-14(12)6-2)10-18-17(23)15(11(3)4)21-8-7-9-26(21,24)25/h11,15H,5-10H2,1-4H3,(H,18,23)(H,20,22). The maximum absolute atomic E-state index is 12.8. The molecule has 1 aromatic heterocycles. The number of hydrogen-bond donors (Lipinski definition) is 2. The van der Waals surface area contributed by atoms with Gasteiger partial charge in [-0.05, 0) is 30.7 Å². The molecule has 1 aliphatic heterocycles. The van der Waals surface area contributed by atoms with Crippen molar-refractivity contribution in [2.75, 3.05) is 12.3 Å². The molecule has 26 heavy (non-hydrogen) atoms. The first-order chi connectivity index (χ1) is 12.2. The average molecular weight is 385 g/mol. The first kappa shape index (κ1) is 20.6. The van der Waals surface area contributed by atoms with Gasteiger partial charge in [-0.3, -0.25) is 9.59 Å². The molecule has 1 atom stereocenters. The molecule has 1 aromatic rings. The maximum Gasteiger partial charge on any atom is 0.269 e. The number of nitrogens with one attached hydrogen (secondary N) is 2. The second-order valence-electron chi connectivity index (χ2n) is 6.85. The lowest BCUT2D eigenvalue weighted by atomic mass is 10.0. The number of sulfonamides is 1. The highest BCUT2D eigenvalue weighted by molar-refractivity contribution is 7.89. The smallest absolute Gasteiger partial charge is 0.269 e. The van der Waals surface area contributed by atoms with Gasteiger partial charge >= 0.3 is 0 Å². The molecule has 1 fully saturated rings. The van der Waals surface area contributed by atoms with Gasteiger partial charge in [0.1, 0.15) is 6.04 Å². The molecule has 146 valence electrons. The fourth-order valence-corrected chi connectivity index (χ4v) is 5.30. The van der Waals surface area contributed by atoms with Gasteiger partial charge in [0.2, 0.25) is 15.9 Å². The fraction of sp³-hybridized carbons (Fsp3) is 0.706. The van der Waals surface area contributed by atoms with Crippen molar-refractivity contribution in [1.29, 1.82) is 0 Å². The third-order valence-electron chi connectivity index (χ3n) is 4.76. The number of nitrogens with zero attached hydrogens (tertiary/aromatic N) is 2. The van der Waals surface area contributed by atoms with Crippen LogP contribution in [-0.4, -0.2) is 47.2 Å². The fourth-order valence-electron chi connectivity index (χ4n) is 3.48. The van der Waals surface area contributed by atoms with Crippen LogP contribution in [0.5, 0.6) is 0 Å². The zero-order valence-electron chi connectivity index (χ0n) is 15.8. The van der Waals surface area contributed by atoms with E-state index in [0.29, 0.717) is 31.4 Å². The summed E-state index contributed by atoms with van der Waals surface area (Å²) in [5.74, 6) is -0.467. The van der Waals surface area contributed by atoms with Crippen molar-refractivity contribution in [3.63, 3.8) is 0 Å². The second kappa shape index (κ2) is 8.30. The van der Waals surface area contributed by atoms with Gasteiger partial charge < -0.3 is 5.32 Å². The van der Waals surface area contributed by atoms with E-state index in [1.807, 2.05) is 27.7 Å². The Balaban J connectivity index is 2.23. The molecule has 2 heterocycles. The topological polar surface area (TPSA) is 112 Å². The van der Waals surface area contributed by atoms with Gasteiger partial charge in [-0.2, -0.15) is 9.40 Å². The Morgan fingerprint density at radius 3 is 2.46 bits per heavy atom. The zero-order chi connectivity index (χ0) is 19.5. The number of carbonyl (C=O) groups excluding carboxylic acids is 1. The summed E-state index contributed by atoms with van der Waals surface area (Å²) in [4.78, 5) is 24.9. The van der Waals surface area contributed by atoms with Crippen LogP contribution in [0, 0.1) is 5.92 Å². The summed E-state index contributed by atoms with van der Waals surface area (Å²) in [6, 6.07) is -0.765. The highest BCUT2D eigenvalue weighted by atomic mass is 32.2. The van der Waals surface area contributed by atoms with E-state index in [1.54, 1.807) is 0 Å². The van der Waals surface area contributed by atoms with Crippen molar-refractivity contribution in [3.8, 4) is 0 Å². The molecule has 2 rings (SSSR count). The molecule has 1 saturated heterocycles. The van der Waals surface area contributed by atoms with Crippen molar-refractivity contribution in [2.45, 2.75) is 59.5 Å². The Labute approximate surface area is 154 Å². The number of hydrogen-bond acceptors (Lipinski definition) is 5. The molecular formula is C17H28N4O4S. The summed E-state index contributed by atoms with van der Waals surface area (Å²) in [5.41, 5.74) is 1.80. The predicted octanol–water partition coefficient (Wildman–Crippen LogP) is 0.571. The average Bonchev–Trinajstić information content (AvgIpc) is 2.92. The Morgan fingerprint density at radius 1 is 1.27 bits per heavy atom. The van der Waals surface area contributed by atoms with E-state index in [1.165, 1.54) is 4.31 Å². The van der Waals surface area contributed by atoms with E-state index in [9.17, 15) is 18.0 Å². The quantitative estimate of drug-likeness (QED) is 0.714. The van der Waals surface area contributed by atoms with Gasteiger partial charge in [0.15, 0.2) is 0 Å². The van der Waals surface area contributed by atoms with Crippen molar-refractivity contribution >= 4 is 15.9 Å². The highest BCUT2D eigenvalue weighted by Gasteiger charge is 2.39. The predicted molar refractivity (Wildman–Crippen MR) is 99.2 cm³/mol. The normalized spacial score (nSPS) is 18.2. The van der Waals surface area contributed by atoms with Gasteiger partial charge in [0, 0.05) is 18.7 Å². The summed E-state index contributed by atoms with van der Waals surface area (Å²) in [6.45, 7) is 7.95. The number of carbonyl (C=O) groups is 1. The number of aryl methyl sites for hydroxylation is 1.